The molecule has 1 fully saturated rings. The number of hydrogen-bond donors (Lipinski definition) is 0. The van der Waals surface area contributed by atoms with E-state index in [9.17, 15) is 14.0 Å². The fourth-order valence-corrected chi connectivity index (χ4v) is 3.92. The largest absolute Gasteiger partial charge is 0.366 e. The average Bonchev–Trinajstić information content (AvgIpc) is 2.87. The molecule has 2 aromatic carbocycles. The average molecular weight is 448 g/mol. The first kappa shape index (κ1) is 22.4. The van der Waals surface area contributed by atoms with Crippen LogP contribution in [-0.2, 0) is 11.3 Å². The van der Waals surface area contributed by atoms with Gasteiger partial charge in [-0.2, -0.15) is 0 Å². The number of aromatic nitrogens is 2. The maximum absolute atomic E-state index is 14.1. The quantitative estimate of drug-likeness (QED) is 0.557. The molecule has 7 nitrogen and oxygen atoms in total. The van der Waals surface area contributed by atoms with Gasteiger partial charge in [-0.15, -0.1) is 0 Å². The van der Waals surface area contributed by atoms with E-state index in [2.05, 4.69) is 9.97 Å². The highest BCUT2D eigenvalue weighted by atomic mass is 19.1. The molecule has 0 saturated carbocycles. The molecular weight excluding hydrogens is 421 g/mol. The highest BCUT2D eigenvalue weighted by molar-refractivity contribution is 5.92. The van der Waals surface area contributed by atoms with E-state index in [0.717, 1.165) is 5.56 Å². The van der Waals surface area contributed by atoms with Crippen LogP contribution in [0, 0.1) is 5.82 Å². The monoisotopic (exact) mass is 447 g/mol. The second kappa shape index (κ2) is 10.7. The first-order valence-corrected chi connectivity index (χ1v) is 11.0. The third-order valence-corrected chi connectivity index (χ3v) is 5.71. The molecule has 1 aliphatic heterocycles. The zero-order valence-electron chi connectivity index (χ0n) is 18.3. The van der Waals surface area contributed by atoms with Crippen LogP contribution in [0.15, 0.2) is 73.2 Å². The molecule has 0 atom stereocenters. The van der Waals surface area contributed by atoms with Crippen LogP contribution in [0.1, 0.15) is 22.5 Å². The van der Waals surface area contributed by atoms with Crippen molar-refractivity contribution in [3.8, 4) is 0 Å². The van der Waals surface area contributed by atoms with Gasteiger partial charge < -0.3 is 14.7 Å². The Bertz CT molecular complexity index is 1070. The Balaban J connectivity index is 1.36. The Morgan fingerprint density at radius 3 is 2.36 bits per heavy atom. The lowest BCUT2D eigenvalue weighted by Crippen LogP contribution is -2.49. The van der Waals surface area contributed by atoms with E-state index in [-0.39, 0.29) is 36.3 Å². The van der Waals surface area contributed by atoms with Crippen LogP contribution < -0.4 is 4.90 Å². The molecule has 2 amide bonds. The summed E-state index contributed by atoms with van der Waals surface area (Å²) in [4.78, 5) is 39.4. The van der Waals surface area contributed by atoms with Crippen molar-refractivity contribution in [1.82, 2.24) is 19.8 Å². The van der Waals surface area contributed by atoms with E-state index in [1.165, 1.54) is 24.7 Å². The highest BCUT2D eigenvalue weighted by Gasteiger charge is 2.24. The molecule has 1 saturated heterocycles. The minimum Gasteiger partial charge on any atom is -0.366 e. The molecule has 0 N–H and O–H groups in total. The lowest BCUT2D eigenvalue weighted by Gasteiger charge is -2.36. The van der Waals surface area contributed by atoms with Crippen molar-refractivity contribution in [2.24, 2.45) is 0 Å². The van der Waals surface area contributed by atoms with Crippen LogP contribution >= 0.6 is 0 Å². The molecule has 170 valence electrons. The fourth-order valence-electron chi connectivity index (χ4n) is 3.92. The van der Waals surface area contributed by atoms with E-state index >= 15 is 0 Å². The van der Waals surface area contributed by atoms with Gasteiger partial charge in [-0.25, -0.2) is 9.37 Å². The van der Waals surface area contributed by atoms with Gasteiger partial charge in [-0.3, -0.25) is 14.6 Å². The number of hydrogen-bond acceptors (Lipinski definition) is 5. The summed E-state index contributed by atoms with van der Waals surface area (Å²) in [6.45, 7) is 2.83. The first-order valence-electron chi connectivity index (χ1n) is 11.0. The summed E-state index contributed by atoms with van der Waals surface area (Å²) in [6, 6.07) is 16.3. The maximum Gasteiger partial charge on any atom is 0.274 e. The summed E-state index contributed by atoms with van der Waals surface area (Å²) in [6.07, 6.45) is 4.64. The highest BCUT2D eigenvalue weighted by Crippen LogP contribution is 2.20. The van der Waals surface area contributed by atoms with Crippen LogP contribution in [0.4, 0.5) is 10.1 Å². The number of carbonyl (C=O) groups excluding carboxylic acids is 2. The molecule has 2 heterocycles. The van der Waals surface area contributed by atoms with E-state index in [1.54, 1.807) is 21.9 Å². The van der Waals surface area contributed by atoms with Crippen LogP contribution in [0.2, 0.25) is 0 Å². The van der Waals surface area contributed by atoms with E-state index < -0.39 is 0 Å². The van der Waals surface area contributed by atoms with Crippen molar-refractivity contribution in [2.75, 3.05) is 37.6 Å². The second-order valence-corrected chi connectivity index (χ2v) is 7.87. The third-order valence-electron chi connectivity index (χ3n) is 5.71. The predicted molar refractivity (Wildman–Crippen MR) is 123 cm³/mol. The number of piperazine rings is 1. The Morgan fingerprint density at radius 1 is 0.939 bits per heavy atom. The predicted octanol–water partition coefficient (Wildman–Crippen LogP) is 3.00. The second-order valence-electron chi connectivity index (χ2n) is 7.87. The molecule has 0 unspecified atom stereocenters. The zero-order chi connectivity index (χ0) is 23.0. The van der Waals surface area contributed by atoms with Gasteiger partial charge in [0.25, 0.3) is 5.91 Å². The molecule has 0 aliphatic carbocycles. The van der Waals surface area contributed by atoms with Crippen LogP contribution in [0.3, 0.4) is 0 Å². The van der Waals surface area contributed by atoms with E-state index in [4.69, 9.17) is 0 Å². The van der Waals surface area contributed by atoms with E-state index in [0.29, 0.717) is 38.4 Å². The topological polar surface area (TPSA) is 69.6 Å². The normalized spacial score (nSPS) is 13.6. The molecule has 3 aromatic rings. The molecule has 0 bridgehead atoms. The van der Waals surface area contributed by atoms with Gasteiger partial charge in [0.05, 0.1) is 11.9 Å². The van der Waals surface area contributed by atoms with Crippen molar-refractivity contribution >= 4 is 17.5 Å². The third kappa shape index (κ3) is 5.71. The summed E-state index contributed by atoms with van der Waals surface area (Å²) in [5, 5.41) is 0. The van der Waals surface area contributed by atoms with Gasteiger partial charge in [0.1, 0.15) is 11.5 Å². The Labute approximate surface area is 192 Å². The van der Waals surface area contributed by atoms with Crippen molar-refractivity contribution in [3.05, 3.63) is 90.3 Å². The molecule has 1 aromatic heterocycles. The Kier molecular flexibility index (Phi) is 7.24. The summed E-state index contributed by atoms with van der Waals surface area (Å²) in [5.74, 6) is -0.534. The van der Waals surface area contributed by atoms with Gasteiger partial charge in [0.15, 0.2) is 0 Å². The number of carbonyl (C=O) groups is 2. The molecule has 1 aliphatic rings. The standard InChI is InChI=1S/C25H26FN5O2/c26-21-8-4-5-9-23(21)29-14-16-30(17-15-29)24(32)10-13-31(19-20-6-2-1-3-7-20)25(33)22-18-27-11-12-28-22/h1-9,11-12,18H,10,13-17,19H2. The number of amides is 2. The molecule has 0 radical (unpaired) electrons. The van der Waals surface area contributed by atoms with Crippen molar-refractivity contribution in [2.45, 2.75) is 13.0 Å². The van der Waals surface area contributed by atoms with Gasteiger partial charge >= 0.3 is 0 Å². The van der Waals surface area contributed by atoms with Crippen LogP contribution in [0.5, 0.6) is 0 Å². The first-order chi connectivity index (χ1) is 16.1. The van der Waals surface area contributed by atoms with E-state index in [1.807, 2.05) is 41.3 Å². The summed E-state index contributed by atoms with van der Waals surface area (Å²) < 4.78 is 14.1. The number of benzene rings is 2. The summed E-state index contributed by atoms with van der Waals surface area (Å²) >= 11 is 0. The minimum atomic E-state index is -0.260. The molecule has 8 heteroatoms. The number of nitrogens with zero attached hydrogens (tertiary/aromatic N) is 5. The van der Waals surface area contributed by atoms with Gasteiger partial charge in [0, 0.05) is 58.1 Å². The minimum absolute atomic E-state index is 0.0202. The summed E-state index contributed by atoms with van der Waals surface area (Å²) in [5.41, 5.74) is 1.79. The number of para-hydroxylation sites is 1. The smallest absolute Gasteiger partial charge is 0.274 e. The summed E-state index contributed by atoms with van der Waals surface area (Å²) in [7, 11) is 0. The molecule has 0 spiro atoms. The fraction of sp³-hybridized carbons (Fsp3) is 0.280. The van der Waals surface area contributed by atoms with Crippen molar-refractivity contribution < 1.29 is 14.0 Å². The van der Waals surface area contributed by atoms with Gasteiger partial charge in [0.2, 0.25) is 5.91 Å². The van der Waals surface area contributed by atoms with Crippen molar-refractivity contribution in [3.63, 3.8) is 0 Å². The Hall–Kier alpha value is -3.81. The number of anilines is 1. The molecular formula is C25H26FN5O2. The van der Waals surface area contributed by atoms with Crippen LogP contribution in [0.25, 0.3) is 0 Å². The number of halogens is 1. The van der Waals surface area contributed by atoms with Gasteiger partial charge in [-0.05, 0) is 17.7 Å². The molecule has 33 heavy (non-hydrogen) atoms. The van der Waals surface area contributed by atoms with Crippen LogP contribution in [-0.4, -0.2) is 64.3 Å². The maximum atomic E-state index is 14.1. The SMILES string of the molecule is O=C(CCN(Cc1ccccc1)C(=O)c1cnccn1)N1CCN(c2ccccc2F)CC1. The van der Waals surface area contributed by atoms with Gasteiger partial charge in [-0.1, -0.05) is 42.5 Å². The van der Waals surface area contributed by atoms with Crippen molar-refractivity contribution in [1.29, 1.82) is 0 Å². The Morgan fingerprint density at radius 2 is 1.67 bits per heavy atom. The lowest BCUT2D eigenvalue weighted by molar-refractivity contribution is -0.131. The lowest BCUT2D eigenvalue weighted by atomic mass is 10.2. The number of rotatable bonds is 7. The molecule has 4 rings (SSSR count). The zero-order valence-corrected chi connectivity index (χ0v) is 18.3.